The van der Waals surface area contributed by atoms with Crippen LogP contribution < -0.4 is 10.9 Å². The highest BCUT2D eigenvalue weighted by atomic mass is 79.9. The standard InChI is InChI=1S/C17H17BrN4O2/c1-11-3-5-12(6-4-11)16-21-13(10-24-16)7-8-19-14-9-20-22(2)17(23)15(14)18/h3-6,9-10,19H,7-8H2,1-2H3. The quantitative estimate of drug-likeness (QED) is 0.726. The normalized spacial score (nSPS) is 10.8. The Morgan fingerprint density at radius 3 is 2.79 bits per heavy atom. The van der Waals surface area contributed by atoms with Gasteiger partial charge in [0.1, 0.15) is 10.7 Å². The lowest BCUT2D eigenvalue weighted by Crippen LogP contribution is -2.21. The van der Waals surface area contributed by atoms with Crippen LogP contribution in [0.15, 0.2) is 50.4 Å². The van der Waals surface area contributed by atoms with Crippen LogP contribution in [0.5, 0.6) is 0 Å². The second kappa shape index (κ2) is 7.00. The average molecular weight is 389 g/mol. The minimum Gasteiger partial charge on any atom is -0.444 e. The van der Waals surface area contributed by atoms with Gasteiger partial charge in [0.2, 0.25) is 5.89 Å². The molecule has 0 radical (unpaired) electrons. The van der Waals surface area contributed by atoms with E-state index in [-0.39, 0.29) is 5.56 Å². The molecule has 0 spiro atoms. The summed E-state index contributed by atoms with van der Waals surface area (Å²) in [6.45, 7) is 2.66. The van der Waals surface area contributed by atoms with Gasteiger partial charge in [0, 0.05) is 25.6 Å². The van der Waals surface area contributed by atoms with Gasteiger partial charge >= 0.3 is 0 Å². The summed E-state index contributed by atoms with van der Waals surface area (Å²) in [6, 6.07) is 8.04. The first-order valence-corrected chi connectivity index (χ1v) is 8.31. The van der Waals surface area contributed by atoms with Gasteiger partial charge in [-0.05, 0) is 35.0 Å². The molecule has 2 aromatic heterocycles. The zero-order valence-corrected chi connectivity index (χ0v) is 15.0. The van der Waals surface area contributed by atoms with Crippen LogP contribution in [0.3, 0.4) is 0 Å². The molecule has 0 aliphatic rings. The van der Waals surface area contributed by atoms with Gasteiger partial charge in [-0.1, -0.05) is 17.7 Å². The maximum atomic E-state index is 11.8. The molecule has 0 fully saturated rings. The number of oxazole rings is 1. The van der Waals surface area contributed by atoms with Gasteiger partial charge < -0.3 is 9.73 Å². The van der Waals surface area contributed by atoms with Crippen molar-refractivity contribution < 1.29 is 4.42 Å². The fourth-order valence-electron chi connectivity index (χ4n) is 2.21. The van der Waals surface area contributed by atoms with Gasteiger partial charge in [-0.15, -0.1) is 0 Å². The summed E-state index contributed by atoms with van der Waals surface area (Å²) in [5, 5.41) is 7.18. The number of nitrogens with one attached hydrogen (secondary N) is 1. The maximum absolute atomic E-state index is 11.8. The van der Waals surface area contributed by atoms with Crippen LogP contribution in [0.25, 0.3) is 11.5 Å². The summed E-state index contributed by atoms with van der Waals surface area (Å²) >= 11 is 3.29. The van der Waals surface area contributed by atoms with Gasteiger partial charge in [-0.3, -0.25) is 4.79 Å². The van der Waals surface area contributed by atoms with Crippen LogP contribution in [0, 0.1) is 6.92 Å². The minimum absolute atomic E-state index is 0.178. The van der Waals surface area contributed by atoms with E-state index in [9.17, 15) is 4.79 Å². The van der Waals surface area contributed by atoms with E-state index in [1.54, 1.807) is 19.5 Å². The van der Waals surface area contributed by atoms with E-state index in [1.807, 2.05) is 31.2 Å². The molecule has 6 nitrogen and oxygen atoms in total. The van der Waals surface area contributed by atoms with Crippen molar-refractivity contribution in [2.24, 2.45) is 7.05 Å². The molecule has 0 saturated carbocycles. The molecule has 0 saturated heterocycles. The zero-order chi connectivity index (χ0) is 17.1. The number of benzene rings is 1. The molecule has 0 aliphatic carbocycles. The Labute approximate surface area is 147 Å². The fourth-order valence-corrected chi connectivity index (χ4v) is 2.71. The Morgan fingerprint density at radius 2 is 2.04 bits per heavy atom. The predicted molar refractivity (Wildman–Crippen MR) is 96.0 cm³/mol. The van der Waals surface area contributed by atoms with Crippen LogP contribution in [0.4, 0.5) is 5.69 Å². The highest BCUT2D eigenvalue weighted by Crippen LogP contribution is 2.20. The average Bonchev–Trinajstić information content (AvgIpc) is 3.04. The SMILES string of the molecule is Cc1ccc(-c2nc(CCNc3cnn(C)c(=O)c3Br)co2)cc1. The molecule has 0 atom stereocenters. The summed E-state index contributed by atoms with van der Waals surface area (Å²) in [5.41, 5.74) is 3.50. The van der Waals surface area contributed by atoms with Crippen LogP contribution in [0.1, 0.15) is 11.3 Å². The molecule has 0 unspecified atom stereocenters. The van der Waals surface area contributed by atoms with E-state index in [1.165, 1.54) is 10.2 Å². The molecule has 1 N–H and O–H groups in total. The predicted octanol–water partition coefficient (Wildman–Crippen LogP) is 3.16. The molecule has 0 bridgehead atoms. The minimum atomic E-state index is -0.178. The first-order valence-electron chi connectivity index (χ1n) is 7.51. The van der Waals surface area contributed by atoms with Crippen molar-refractivity contribution in [2.45, 2.75) is 13.3 Å². The molecule has 3 aromatic rings. The van der Waals surface area contributed by atoms with E-state index in [4.69, 9.17) is 4.42 Å². The molecule has 7 heteroatoms. The molecule has 1 aromatic carbocycles. The smallest absolute Gasteiger partial charge is 0.282 e. The third-order valence-electron chi connectivity index (χ3n) is 3.63. The first kappa shape index (κ1) is 16.4. The third-order valence-corrected chi connectivity index (χ3v) is 4.39. The topological polar surface area (TPSA) is 73.0 Å². The number of halogens is 1. The van der Waals surface area contributed by atoms with Crippen LogP contribution in [-0.4, -0.2) is 21.3 Å². The lowest BCUT2D eigenvalue weighted by molar-refractivity contribution is 0.572. The second-order valence-electron chi connectivity index (χ2n) is 5.49. The Hall–Kier alpha value is -2.41. The number of anilines is 1. The van der Waals surface area contributed by atoms with E-state index in [2.05, 4.69) is 31.3 Å². The molecule has 0 aliphatic heterocycles. The Balaban J connectivity index is 1.63. The number of hydrogen-bond donors (Lipinski definition) is 1. The lowest BCUT2D eigenvalue weighted by atomic mass is 10.1. The zero-order valence-electron chi connectivity index (χ0n) is 13.4. The molecule has 0 amide bonds. The van der Waals surface area contributed by atoms with Crippen molar-refractivity contribution >= 4 is 21.6 Å². The van der Waals surface area contributed by atoms with Crippen LogP contribution in [0.2, 0.25) is 0 Å². The van der Waals surface area contributed by atoms with Crippen LogP contribution >= 0.6 is 15.9 Å². The molecule has 3 rings (SSSR count). The number of aromatic nitrogens is 3. The molecule has 2 heterocycles. The van der Waals surface area contributed by atoms with E-state index in [0.717, 1.165) is 11.3 Å². The summed E-state index contributed by atoms with van der Waals surface area (Å²) < 4.78 is 7.29. The van der Waals surface area contributed by atoms with Gasteiger partial charge in [0.25, 0.3) is 5.56 Å². The van der Waals surface area contributed by atoms with Gasteiger partial charge in [-0.25, -0.2) is 9.67 Å². The summed E-state index contributed by atoms with van der Waals surface area (Å²) in [7, 11) is 1.61. The largest absolute Gasteiger partial charge is 0.444 e. The number of rotatable bonds is 5. The molecule has 24 heavy (non-hydrogen) atoms. The Morgan fingerprint density at radius 1 is 1.29 bits per heavy atom. The first-order chi connectivity index (χ1) is 11.5. The van der Waals surface area contributed by atoms with Crippen molar-refractivity contribution in [3.8, 4) is 11.5 Å². The number of nitrogens with zero attached hydrogens (tertiary/aromatic N) is 3. The van der Waals surface area contributed by atoms with Crippen molar-refractivity contribution in [1.82, 2.24) is 14.8 Å². The third kappa shape index (κ3) is 3.56. The summed E-state index contributed by atoms with van der Waals surface area (Å²) in [5.74, 6) is 0.612. The van der Waals surface area contributed by atoms with Crippen molar-refractivity contribution in [3.05, 3.63) is 62.8 Å². The van der Waals surface area contributed by atoms with E-state index >= 15 is 0 Å². The monoisotopic (exact) mass is 388 g/mol. The summed E-state index contributed by atoms with van der Waals surface area (Å²) in [6.07, 6.45) is 3.96. The fraction of sp³-hybridized carbons (Fsp3) is 0.235. The Bertz CT molecular complexity index is 900. The molecular formula is C17H17BrN4O2. The van der Waals surface area contributed by atoms with Gasteiger partial charge in [0.15, 0.2) is 0 Å². The second-order valence-corrected chi connectivity index (χ2v) is 6.28. The number of aryl methyl sites for hydroxylation is 2. The van der Waals surface area contributed by atoms with E-state index in [0.29, 0.717) is 29.0 Å². The van der Waals surface area contributed by atoms with Crippen molar-refractivity contribution in [3.63, 3.8) is 0 Å². The maximum Gasteiger partial charge on any atom is 0.282 e. The highest BCUT2D eigenvalue weighted by molar-refractivity contribution is 9.10. The summed E-state index contributed by atoms with van der Waals surface area (Å²) in [4.78, 5) is 16.3. The highest BCUT2D eigenvalue weighted by Gasteiger charge is 2.08. The van der Waals surface area contributed by atoms with Crippen molar-refractivity contribution in [1.29, 1.82) is 0 Å². The van der Waals surface area contributed by atoms with Gasteiger partial charge in [-0.2, -0.15) is 5.10 Å². The van der Waals surface area contributed by atoms with E-state index < -0.39 is 0 Å². The molecule has 124 valence electrons. The lowest BCUT2D eigenvalue weighted by Gasteiger charge is -2.07. The van der Waals surface area contributed by atoms with Crippen LogP contribution in [-0.2, 0) is 13.5 Å². The number of hydrogen-bond acceptors (Lipinski definition) is 5. The van der Waals surface area contributed by atoms with Crippen molar-refractivity contribution in [2.75, 3.05) is 11.9 Å². The molecular weight excluding hydrogens is 372 g/mol. The van der Waals surface area contributed by atoms with Gasteiger partial charge in [0.05, 0.1) is 17.6 Å². The Kier molecular flexibility index (Phi) is 4.80.